The van der Waals surface area contributed by atoms with Crippen LogP contribution >= 0.6 is 0 Å². The molecule has 172 valence electrons. The maximum atomic E-state index is 13.4. The van der Waals surface area contributed by atoms with Crippen LogP contribution in [0, 0.1) is 6.92 Å². The smallest absolute Gasteiger partial charge is 0.165 e. The number of aromatic nitrogens is 1. The van der Waals surface area contributed by atoms with Crippen LogP contribution in [0.1, 0.15) is 35.0 Å². The van der Waals surface area contributed by atoms with E-state index in [0.29, 0.717) is 12.2 Å². The fourth-order valence-corrected chi connectivity index (χ4v) is 5.14. The topological polar surface area (TPSA) is 40.5 Å². The van der Waals surface area contributed by atoms with E-state index in [9.17, 15) is 4.79 Å². The summed E-state index contributed by atoms with van der Waals surface area (Å²) < 4.78 is 13.4. The SMILES string of the molecule is CCC(=O)c1c(-c2ccc(-c3ccccc3)cc2)c(C)n2c1-c1cc(OC)c(OC)cc1CC2. The fourth-order valence-electron chi connectivity index (χ4n) is 5.14. The largest absolute Gasteiger partial charge is 0.493 e. The van der Waals surface area contributed by atoms with Gasteiger partial charge in [0.15, 0.2) is 17.3 Å². The lowest BCUT2D eigenvalue weighted by Gasteiger charge is -2.23. The Balaban J connectivity index is 1.71. The summed E-state index contributed by atoms with van der Waals surface area (Å²) in [5.41, 5.74) is 9.60. The van der Waals surface area contributed by atoms with Crippen molar-refractivity contribution in [3.05, 3.63) is 83.6 Å². The third-order valence-electron chi connectivity index (χ3n) is 6.87. The van der Waals surface area contributed by atoms with Crippen molar-refractivity contribution >= 4 is 5.78 Å². The van der Waals surface area contributed by atoms with Gasteiger partial charge < -0.3 is 14.0 Å². The Labute approximate surface area is 200 Å². The van der Waals surface area contributed by atoms with Gasteiger partial charge in [0.05, 0.1) is 25.5 Å². The summed E-state index contributed by atoms with van der Waals surface area (Å²) in [6, 6.07) is 23.0. The number of carbonyl (C=O) groups excluding carboxylic acids is 1. The molecule has 4 nitrogen and oxygen atoms in total. The van der Waals surface area contributed by atoms with Gasteiger partial charge in [-0.2, -0.15) is 0 Å². The number of nitrogens with zero attached hydrogens (tertiary/aromatic N) is 1. The van der Waals surface area contributed by atoms with E-state index in [1.165, 1.54) is 11.1 Å². The minimum Gasteiger partial charge on any atom is -0.493 e. The number of benzene rings is 3. The van der Waals surface area contributed by atoms with Gasteiger partial charge in [-0.15, -0.1) is 0 Å². The standard InChI is InChI=1S/C30H29NO3/c1-5-25(32)29-28(22-13-11-21(12-14-22)20-9-7-6-8-10-20)19(2)31-16-15-23-17-26(33-3)27(34-4)18-24(23)30(29)31/h6-14,17-18H,5,15-16H2,1-4H3. The highest BCUT2D eigenvalue weighted by molar-refractivity contribution is 6.09. The maximum Gasteiger partial charge on any atom is 0.165 e. The van der Waals surface area contributed by atoms with Crippen molar-refractivity contribution in [3.8, 4) is 45.0 Å². The zero-order chi connectivity index (χ0) is 23.8. The summed E-state index contributed by atoms with van der Waals surface area (Å²) in [7, 11) is 3.30. The summed E-state index contributed by atoms with van der Waals surface area (Å²) in [4.78, 5) is 13.4. The Hall–Kier alpha value is -3.79. The number of hydrogen-bond donors (Lipinski definition) is 0. The molecule has 0 atom stereocenters. The molecule has 2 heterocycles. The van der Waals surface area contributed by atoms with Gasteiger partial charge in [0.2, 0.25) is 0 Å². The molecule has 5 rings (SSSR count). The van der Waals surface area contributed by atoms with Crippen molar-refractivity contribution in [2.24, 2.45) is 0 Å². The van der Waals surface area contributed by atoms with E-state index in [1.54, 1.807) is 14.2 Å². The molecule has 3 aromatic carbocycles. The third-order valence-corrected chi connectivity index (χ3v) is 6.87. The normalized spacial score (nSPS) is 12.1. The van der Waals surface area contributed by atoms with E-state index in [1.807, 2.05) is 31.2 Å². The van der Waals surface area contributed by atoms with Crippen LogP contribution in [0.4, 0.5) is 0 Å². The molecular weight excluding hydrogens is 422 g/mol. The Morgan fingerprint density at radius 1 is 0.882 bits per heavy atom. The van der Waals surface area contributed by atoms with Gasteiger partial charge >= 0.3 is 0 Å². The minimum atomic E-state index is 0.154. The highest BCUT2D eigenvalue weighted by atomic mass is 16.5. The molecule has 0 bridgehead atoms. The fraction of sp³-hybridized carbons (Fsp3) is 0.233. The molecule has 1 aliphatic rings. The maximum absolute atomic E-state index is 13.4. The van der Waals surface area contributed by atoms with Crippen molar-refractivity contribution in [2.75, 3.05) is 14.2 Å². The average Bonchev–Trinajstić information content (AvgIpc) is 3.20. The predicted molar refractivity (Wildman–Crippen MR) is 137 cm³/mol. The van der Waals surface area contributed by atoms with Gasteiger partial charge in [-0.3, -0.25) is 4.79 Å². The first-order valence-electron chi connectivity index (χ1n) is 11.7. The lowest BCUT2D eigenvalue weighted by molar-refractivity contribution is 0.0989. The summed E-state index contributed by atoms with van der Waals surface area (Å²) in [5.74, 6) is 1.55. The monoisotopic (exact) mass is 451 g/mol. The molecule has 0 saturated heterocycles. The highest BCUT2D eigenvalue weighted by Gasteiger charge is 2.30. The number of carbonyl (C=O) groups is 1. The number of ketones is 1. The van der Waals surface area contributed by atoms with Crippen LogP contribution in [0.3, 0.4) is 0 Å². The van der Waals surface area contributed by atoms with E-state index in [4.69, 9.17) is 9.47 Å². The van der Waals surface area contributed by atoms with E-state index >= 15 is 0 Å². The molecule has 0 unspecified atom stereocenters. The molecule has 4 aromatic rings. The van der Waals surface area contributed by atoms with Crippen LogP contribution in [-0.4, -0.2) is 24.6 Å². The van der Waals surface area contributed by atoms with Gasteiger partial charge in [-0.25, -0.2) is 0 Å². The van der Waals surface area contributed by atoms with E-state index < -0.39 is 0 Å². The first kappa shape index (κ1) is 22.0. The number of Topliss-reactive ketones (excluding diaryl/α,β-unsaturated/α-hetero) is 1. The molecule has 34 heavy (non-hydrogen) atoms. The molecule has 4 heteroatoms. The second-order valence-electron chi connectivity index (χ2n) is 8.67. The zero-order valence-electron chi connectivity index (χ0n) is 20.1. The van der Waals surface area contributed by atoms with Crippen molar-refractivity contribution in [2.45, 2.75) is 33.2 Å². The van der Waals surface area contributed by atoms with Crippen molar-refractivity contribution < 1.29 is 14.3 Å². The Morgan fingerprint density at radius 3 is 2.15 bits per heavy atom. The molecular formula is C30H29NO3. The molecule has 0 N–H and O–H groups in total. The van der Waals surface area contributed by atoms with Crippen LogP contribution in [0.5, 0.6) is 11.5 Å². The van der Waals surface area contributed by atoms with Gasteiger partial charge in [-0.1, -0.05) is 61.5 Å². The number of ether oxygens (including phenoxy) is 2. The highest BCUT2D eigenvalue weighted by Crippen LogP contribution is 2.45. The molecule has 0 amide bonds. The molecule has 1 aliphatic heterocycles. The average molecular weight is 452 g/mol. The lowest BCUT2D eigenvalue weighted by atomic mass is 9.90. The van der Waals surface area contributed by atoms with Crippen molar-refractivity contribution in [1.29, 1.82) is 0 Å². The van der Waals surface area contributed by atoms with Crippen molar-refractivity contribution in [1.82, 2.24) is 4.57 Å². The van der Waals surface area contributed by atoms with E-state index in [-0.39, 0.29) is 5.78 Å². The molecule has 0 fully saturated rings. The second kappa shape index (κ2) is 8.86. The Morgan fingerprint density at radius 2 is 1.50 bits per heavy atom. The summed E-state index contributed by atoms with van der Waals surface area (Å²) in [5, 5.41) is 0. The number of methoxy groups -OCH3 is 2. The number of aryl methyl sites for hydroxylation is 1. The van der Waals surface area contributed by atoms with Crippen LogP contribution in [0.2, 0.25) is 0 Å². The summed E-state index contributed by atoms with van der Waals surface area (Å²) >= 11 is 0. The predicted octanol–water partition coefficient (Wildman–Crippen LogP) is 6.96. The number of fused-ring (bicyclic) bond motifs is 3. The minimum absolute atomic E-state index is 0.154. The first-order chi connectivity index (χ1) is 16.6. The quantitative estimate of drug-likeness (QED) is 0.297. The van der Waals surface area contributed by atoms with E-state index in [2.05, 4.69) is 54.0 Å². The van der Waals surface area contributed by atoms with Crippen LogP contribution < -0.4 is 9.47 Å². The van der Waals surface area contributed by atoms with Crippen molar-refractivity contribution in [3.63, 3.8) is 0 Å². The Kier molecular flexibility index (Phi) is 5.74. The zero-order valence-corrected chi connectivity index (χ0v) is 20.1. The second-order valence-corrected chi connectivity index (χ2v) is 8.67. The van der Waals surface area contributed by atoms with Gasteiger partial charge in [0.1, 0.15) is 0 Å². The lowest BCUT2D eigenvalue weighted by Crippen LogP contribution is -2.14. The molecule has 1 aromatic heterocycles. The third kappa shape index (κ3) is 3.50. The van der Waals surface area contributed by atoms with Gasteiger partial charge in [-0.05, 0) is 47.7 Å². The first-order valence-corrected chi connectivity index (χ1v) is 11.7. The Bertz CT molecular complexity index is 1360. The molecule has 0 radical (unpaired) electrons. The number of hydrogen-bond acceptors (Lipinski definition) is 3. The van der Waals surface area contributed by atoms with Crippen LogP contribution in [-0.2, 0) is 13.0 Å². The van der Waals surface area contributed by atoms with E-state index in [0.717, 1.165) is 57.9 Å². The van der Waals surface area contributed by atoms with Gasteiger partial charge in [0.25, 0.3) is 0 Å². The van der Waals surface area contributed by atoms with Gasteiger partial charge in [0, 0.05) is 29.8 Å². The van der Waals surface area contributed by atoms with Crippen LogP contribution in [0.25, 0.3) is 33.5 Å². The van der Waals surface area contributed by atoms with Crippen LogP contribution in [0.15, 0.2) is 66.7 Å². The number of rotatable bonds is 6. The summed E-state index contributed by atoms with van der Waals surface area (Å²) in [6.07, 6.45) is 1.33. The molecule has 0 saturated carbocycles. The summed E-state index contributed by atoms with van der Waals surface area (Å²) in [6.45, 7) is 4.89. The molecule has 0 aliphatic carbocycles. The molecule has 0 spiro atoms.